The normalized spacial score (nSPS) is 11.0. The maximum atomic E-state index is 13.4. The minimum Gasteiger partial charge on any atom is -0.322 e. The van der Waals surface area contributed by atoms with E-state index in [-0.39, 0.29) is 5.91 Å². The van der Waals surface area contributed by atoms with Crippen molar-refractivity contribution in [3.05, 3.63) is 90.3 Å². The van der Waals surface area contributed by atoms with Gasteiger partial charge < -0.3 is 5.32 Å². The van der Waals surface area contributed by atoms with Crippen molar-refractivity contribution in [1.82, 2.24) is 4.98 Å². The molecule has 0 saturated carbocycles. The summed E-state index contributed by atoms with van der Waals surface area (Å²) in [4.78, 5) is 18.2. The summed E-state index contributed by atoms with van der Waals surface area (Å²) in [6.07, 6.45) is 0. The first-order valence-corrected chi connectivity index (χ1v) is 11.7. The van der Waals surface area contributed by atoms with E-state index in [1.807, 2.05) is 68.4 Å². The molecule has 31 heavy (non-hydrogen) atoms. The van der Waals surface area contributed by atoms with E-state index in [0.717, 1.165) is 36.5 Å². The maximum absolute atomic E-state index is 13.4. The topological polar surface area (TPSA) is 42.0 Å². The molecule has 0 aliphatic heterocycles. The molecular weight excluding hydrogens is 563 g/mol. The van der Waals surface area contributed by atoms with E-state index >= 15 is 0 Å². The molecule has 3 nitrogen and oxygen atoms in total. The number of amides is 1. The van der Waals surface area contributed by atoms with Crippen LogP contribution >= 0.6 is 55.1 Å². The van der Waals surface area contributed by atoms with Crippen LogP contribution in [0.15, 0.2) is 63.5 Å². The fraction of sp³-hybridized carbons (Fsp3) is 0.0833. The van der Waals surface area contributed by atoms with Crippen molar-refractivity contribution >= 4 is 77.6 Å². The van der Waals surface area contributed by atoms with Gasteiger partial charge in [0.2, 0.25) is 0 Å². The average molecular weight is 579 g/mol. The minimum absolute atomic E-state index is 0.235. The van der Waals surface area contributed by atoms with E-state index in [2.05, 4.69) is 37.2 Å². The molecule has 0 spiro atoms. The van der Waals surface area contributed by atoms with E-state index in [4.69, 9.17) is 28.2 Å². The number of hydrogen-bond donors (Lipinski definition) is 1. The molecule has 0 saturated heterocycles. The molecule has 1 aromatic heterocycles. The van der Waals surface area contributed by atoms with E-state index < -0.39 is 0 Å². The molecule has 0 radical (unpaired) electrons. The summed E-state index contributed by atoms with van der Waals surface area (Å²) in [5.41, 5.74) is 5.29. The average Bonchev–Trinajstić information content (AvgIpc) is 2.74. The van der Waals surface area contributed by atoms with Crippen LogP contribution in [0.25, 0.3) is 22.2 Å². The Hall–Kier alpha value is -1.92. The highest BCUT2D eigenvalue weighted by molar-refractivity contribution is 9.10. The lowest BCUT2D eigenvalue weighted by Crippen LogP contribution is -2.14. The van der Waals surface area contributed by atoms with E-state index in [1.165, 1.54) is 0 Å². The molecule has 1 N–H and O–H groups in total. The van der Waals surface area contributed by atoms with Crippen LogP contribution in [-0.4, -0.2) is 10.9 Å². The Morgan fingerprint density at radius 2 is 1.68 bits per heavy atom. The quantitative estimate of drug-likeness (QED) is 0.264. The molecule has 0 bridgehead atoms. The van der Waals surface area contributed by atoms with Crippen molar-refractivity contribution < 1.29 is 4.79 Å². The Bertz CT molecular complexity index is 1340. The van der Waals surface area contributed by atoms with Crippen molar-refractivity contribution in [3.8, 4) is 11.3 Å². The zero-order valence-corrected chi connectivity index (χ0v) is 21.2. The number of aromatic nitrogens is 1. The molecule has 1 amide bonds. The first-order chi connectivity index (χ1) is 14.7. The number of carbonyl (C=O) groups is 1. The molecule has 156 valence electrons. The predicted octanol–water partition coefficient (Wildman–Crippen LogP) is 8.60. The van der Waals surface area contributed by atoms with E-state index in [1.54, 1.807) is 0 Å². The number of halogens is 4. The van der Waals surface area contributed by atoms with Gasteiger partial charge in [0, 0.05) is 30.6 Å². The van der Waals surface area contributed by atoms with Crippen molar-refractivity contribution in [3.63, 3.8) is 0 Å². The number of carbonyl (C=O) groups excluding carboxylic acids is 1. The first-order valence-electron chi connectivity index (χ1n) is 9.37. The van der Waals surface area contributed by atoms with Crippen LogP contribution in [0, 0.1) is 13.8 Å². The number of pyridine rings is 1. The van der Waals surface area contributed by atoms with Gasteiger partial charge in [-0.05, 0) is 83.4 Å². The van der Waals surface area contributed by atoms with Gasteiger partial charge in [-0.25, -0.2) is 4.98 Å². The molecule has 4 rings (SSSR count). The SMILES string of the molecule is Cc1c(NC(=O)c2cc(-c3ccc(Cl)cc3)nc3c(C)cc(Br)cc23)ccc(Br)c1Cl. The minimum atomic E-state index is -0.235. The third kappa shape index (κ3) is 4.51. The van der Waals surface area contributed by atoms with Gasteiger partial charge >= 0.3 is 0 Å². The van der Waals surface area contributed by atoms with Crippen molar-refractivity contribution in [2.45, 2.75) is 13.8 Å². The van der Waals surface area contributed by atoms with Gasteiger partial charge in [-0.15, -0.1) is 0 Å². The summed E-state index contributed by atoms with van der Waals surface area (Å²) >= 11 is 19.3. The number of anilines is 1. The number of nitrogens with one attached hydrogen (secondary N) is 1. The van der Waals surface area contributed by atoms with Gasteiger partial charge in [0.1, 0.15) is 0 Å². The third-order valence-corrected chi connectivity index (χ3v) is 7.13. The highest BCUT2D eigenvalue weighted by Crippen LogP contribution is 2.33. The molecule has 0 atom stereocenters. The Morgan fingerprint density at radius 1 is 0.968 bits per heavy atom. The standard InChI is InChI=1S/C24H16Br2Cl2N2O/c1-12-9-15(25)10-17-18(24(31)30-20-8-7-19(26)22(28)13(20)2)11-21(29-23(12)17)14-3-5-16(27)6-4-14/h3-11H,1-2H3,(H,30,31). The number of benzene rings is 3. The smallest absolute Gasteiger partial charge is 0.256 e. The van der Waals surface area contributed by atoms with Gasteiger partial charge in [-0.3, -0.25) is 4.79 Å². The lowest BCUT2D eigenvalue weighted by molar-refractivity contribution is 0.102. The van der Waals surface area contributed by atoms with Crippen LogP contribution < -0.4 is 5.32 Å². The first kappa shape index (κ1) is 22.3. The second kappa shape index (κ2) is 8.91. The Balaban J connectivity index is 1.88. The summed E-state index contributed by atoms with van der Waals surface area (Å²) in [7, 11) is 0. The monoisotopic (exact) mass is 576 g/mol. The van der Waals surface area contributed by atoms with Crippen LogP contribution in [0.2, 0.25) is 10.0 Å². The number of nitrogens with zero attached hydrogens (tertiary/aromatic N) is 1. The highest BCUT2D eigenvalue weighted by Gasteiger charge is 2.18. The molecule has 3 aromatic carbocycles. The molecule has 0 aliphatic rings. The Labute approximate surface area is 207 Å². The fourth-order valence-corrected chi connectivity index (χ4v) is 4.68. The maximum Gasteiger partial charge on any atom is 0.256 e. The number of rotatable bonds is 3. The predicted molar refractivity (Wildman–Crippen MR) is 136 cm³/mol. The Morgan fingerprint density at radius 3 is 2.39 bits per heavy atom. The molecule has 0 fully saturated rings. The summed E-state index contributed by atoms with van der Waals surface area (Å²) in [5, 5.41) is 4.98. The van der Waals surface area contributed by atoms with Gasteiger partial charge in [0.05, 0.1) is 21.8 Å². The van der Waals surface area contributed by atoms with E-state index in [0.29, 0.717) is 27.0 Å². The van der Waals surface area contributed by atoms with Crippen LogP contribution in [0.1, 0.15) is 21.5 Å². The third-order valence-electron chi connectivity index (χ3n) is 5.04. The van der Waals surface area contributed by atoms with Crippen LogP contribution in [0.3, 0.4) is 0 Å². The molecule has 4 aromatic rings. The van der Waals surface area contributed by atoms with Gasteiger partial charge in [0.25, 0.3) is 5.91 Å². The van der Waals surface area contributed by atoms with E-state index in [9.17, 15) is 4.79 Å². The van der Waals surface area contributed by atoms with Gasteiger partial charge in [-0.2, -0.15) is 0 Å². The highest BCUT2D eigenvalue weighted by atomic mass is 79.9. The zero-order chi connectivity index (χ0) is 22.3. The molecule has 0 aliphatic carbocycles. The largest absolute Gasteiger partial charge is 0.322 e. The summed E-state index contributed by atoms with van der Waals surface area (Å²) in [6, 6.07) is 16.8. The van der Waals surface area contributed by atoms with Gasteiger partial charge in [-0.1, -0.05) is 51.3 Å². The van der Waals surface area contributed by atoms with Gasteiger partial charge in [0.15, 0.2) is 0 Å². The van der Waals surface area contributed by atoms with Crippen LogP contribution in [0.5, 0.6) is 0 Å². The van der Waals surface area contributed by atoms with Crippen molar-refractivity contribution in [2.24, 2.45) is 0 Å². The number of fused-ring (bicyclic) bond motifs is 1. The lowest BCUT2D eigenvalue weighted by atomic mass is 10.0. The number of aryl methyl sites for hydroxylation is 1. The number of hydrogen-bond acceptors (Lipinski definition) is 2. The summed E-state index contributed by atoms with van der Waals surface area (Å²) in [6.45, 7) is 3.85. The molecule has 0 unspecified atom stereocenters. The Kier molecular flexibility index (Phi) is 6.40. The summed E-state index contributed by atoms with van der Waals surface area (Å²) < 4.78 is 1.67. The van der Waals surface area contributed by atoms with Crippen LogP contribution in [0.4, 0.5) is 5.69 Å². The lowest BCUT2D eigenvalue weighted by Gasteiger charge is -2.14. The molecular formula is C24H16Br2Cl2N2O. The zero-order valence-electron chi connectivity index (χ0n) is 16.6. The van der Waals surface area contributed by atoms with Crippen molar-refractivity contribution in [2.75, 3.05) is 5.32 Å². The van der Waals surface area contributed by atoms with Crippen LogP contribution in [-0.2, 0) is 0 Å². The summed E-state index contributed by atoms with van der Waals surface area (Å²) in [5.74, 6) is -0.235. The van der Waals surface area contributed by atoms with Crippen molar-refractivity contribution in [1.29, 1.82) is 0 Å². The molecule has 7 heteroatoms. The fourth-order valence-electron chi connectivity index (χ4n) is 3.39. The second-order valence-electron chi connectivity index (χ2n) is 7.17. The molecule has 1 heterocycles. The second-order valence-corrected chi connectivity index (χ2v) is 9.75.